The Labute approximate surface area is 103 Å². The van der Waals surface area contributed by atoms with E-state index < -0.39 is 0 Å². The van der Waals surface area contributed by atoms with E-state index in [9.17, 15) is 4.39 Å². The van der Waals surface area contributed by atoms with Gasteiger partial charge >= 0.3 is 0 Å². The molecule has 1 aliphatic rings. The zero-order valence-electron chi connectivity index (χ0n) is 9.08. The van der Waals surface area contributed by atoms with Gasteiger partial charge in [0.1, 0.15) is 18.2 Å². The molecule has 2 nitrogen and oxygen atoms in total. The van der Waals surface area contributed by atoms with E-state index >= 15 is 0 Å². The van der Waals surface area contributed by atoms with Crippen molar-refractivity contribution in [3.63, 3.8) is 0 Å². The molecule has 1 heterocycles. The van der Waals surface area contributed by atoms with Gasteiger partial charge < -0.3 is 9.47 Å². The first-order chi connectivity index (χ1) is 7.63. The van der Waals surface area contributed by atoms with Crippen LogP contribution in [0.1, 0.15) is 19.8 Å². The summed E-state index contributed by atoms with van der Waals surface area (Å²) in [6, 6.07) is 4.53. The highest BCUT2D eigenvalue weighted by Crippen LogP contribution is 2.23. The van der Waals surface area contributed by atoms with Crippen molar-refractivity contribution >= 4 is 15.9 Å². The second kappa shape index (κ2) is 5.15. The van der Waals surface area contributed by atoms with Crippen molar-refractivity contribution in [1.29, 1.82) is 0 Å². The van der Waals surface area contributed by atoms with Gasteiger partial charge in [0.2, 0.25) is 0 Å². The summed E-state index contributed by atoms with van der Waals surface area (Å²) in [7, 11) is 0. The number of benzene rings is 1. The predicted molar refractivity (Wildman–Crippen MR) is 63.2 cm³/mol. The molecule has 16 heavy (non-hydrogen) atoms. The van der Waals surface area contributed by atoms with Crippen LogP contribution >= 0.6 is 15.9 Å². The molecule has 0 radical (unpaired) electrons. The molecule has 0 saturated carbocycles. The van der Waals surface area contributed by atoms with Crippen molar-refractivity contribution in [2.45, 2.75) is 32.0 Å². The SMILES string of the molecule is CC1CCC(COc2cc(F)cc(Br)c2)O1. The summed E-state index contributed by atoms with van der Waals surface area (Å²) in [6.45, 7) is 2.54. The van der Waals surface area contributed by atoms with Crippen LogP contribution in [0.4, 0.5) is 4.39 Å². The molecular formula is C12H14BrFO2. The highest BCUT2D eigenvalue weighted by atomic mass is 79.9. The lowest BCUT2D eigenvalue weighted by atomic mass is 10.2. The standard InChI is InChI=1S/C12H14BrFO2/c1-8-2-3-11(16-8)7-15-12-5-9(13)4-10(14)6-12/h4-6,8,11H,2-3,7H2,1H3. The van der Waals surface area contributed by atoms with Gasteiger partial charge in [0, 0.05) is 10.5 Å². The monoisotopic (exact) mass is 288 g/mol. The Hall–Kier alpha value is -0.610. The molecule has 2 unspecified atom stereocenters. The first kappa shape index (κ1) is 11.9. The van der Waals surface area contributed by atoms with Crippen LogP contribution in [0.15, 0.2) is 22.7 Å². The molecule has 0 aromatic heterocycles. The molecule has 88 valence electrons. The van der Waals surface area contributed by atoms with Gasteiger partial charge in [0.05, 0.1) is 12.2 Å². The van der Waals surface area contributed by atoms with Gasteiger partial charge in [-0.1, -0.05) is 15.9 Å². The van der Waals surface area contributed by atoms with Crippen molar-refractivity contribution in [2.24, 2.45) is 0 Å². The minimum atomic E-state index is -0.301. The van der Waals surface area contributed by atoms with Crippen LogP contribution in [-0.2, 0) is 4.74 Å². The van der Waals surface area contributed by atoms with Crippen LogP contribution in [0.5, 0.6) is 5.75 Å². The number of rotatable bonds is 3. The van der Waals surface area contributed by atoms with Gasteiger partial charge in [-0.2, -0.15) is 0 Å². The first-order valence-corrected chi connectivity index (χ1v) is 6.17. The van der Waals surface area contributed by atoms with Crippen LogP contribution in [0.3, 0.4) is 0 Å². The molecule has 0 aliphatic carbocycles. The average Bonchev–Trinajstić information content (AvgIpc) is 2.60. The van der Waals surface area contributed by atoms with E-state index in [0.717, 1.165) is 12.8 Å². The largest absolute Gasteiger partial charge is 0.491 e. The summed E-state index contributed by atoms with van der Waals surface area (Å²) in [6.07, 6.45) is 2.53. The van der Waals surface area contributed by atoms with Crippen molar-refractivity contribution in [3.05, 3.63) is 28.5 Å². The lowest BCUT2D eigenvalue weighted by molar-refractivity contribution is 0.0264. The van der Waals surface area contributed by atoms with Crippen molar-refractivity contribution in [2.75, 3.05) is 6.61 Å². The number of hydrogen-bond donors (Lipinski definition) is 0. The van der Waals surface area contributed by atoms with Crippen LogP contribution in [-0.4, -0.2) is 18.8 Å². The van der Waals surface area contributed by atoms with Gasteiger partial charge in [-0.05, 0) is 31.9 Å². The van der Waals surface area contributed by atoms with Gasteiger partial charge in [0.25, 0.3) is 0 Å². The Bertz CT molecular complexity index is 350. The smallest absolute Gasteiger partial charge is 0.128 e. The third-order valence-corrected chi connectivity index (χ3v) is 3.05. The number of halogens is 2. The molecule has 1 fully saturated rings. The van der Waals surface area contributed by atoms with E-state index in [1.807, 2.05) is 0 Å². The maximum atomic E-state index is 13.0. The van der Waals surface area contributed by atoms with Gasteiger partial charge in [-0.25, -0.2) is 4.39 Å². The molecule has 2 rings (SSSR count). The predicted octanol–water partition coefficient (Wildman–Crippen LogP) is 3.53. The van der Waals surface area contributed by atoms with E-state index in [-0.39, 0.29) is 11.9 Å². The minimum Gasteiger partial charge on any atom is -0.491 e. The molecule has 0 spiro atoms. The lowest BCUT2D eigenvalue weighted by Crippen LogP contribution is -2.17. The maximum Gasteiger partial charge on any atom is 0.128 e. The Balaban J connectivity index is 1.89. The Morgan fingerprint density at radius 2 is 2.25 bits per heavy atom. The fraction of sp³-hybridized carbons (Fsp3) is 0.500. The highest BCUT2D eigenvalue weighted by molar-refractivity contribution is 9.10. The Morgan fingerprint density at radius 3 is 2.88 bits per heavy atom. The molecule has 1 saturated heterocycles. The minimum absolute atomic E-state index is 0.136. The van der Waals surface area contributed by atoms with Crippen molar-refractivity contribution in [3.8, 4) is 5.75 Å². The summed E-state index contributed by atoms with van der Waals surface area (Å²) in [5, 5.41) is 0. The molecule has 0 N–H and O–H groups in total. The molecule has 1 aliphatic heterocycles. The van der Waals surface area contributed by atoms with Crippen LogP contribution in [0, 0.1) is 5.82 Å². The summed E-state index contributed by atoms with van der Waals surface area (Å²) < 4.78 is 24.9. The van der Waals surface area contributed by atoms with Gasteiger partial charge in [0.15, 0.2) is 0 Å². The zero-order chi connectivity index (χ0) is 11.5. The highest BCUT2D eigenvalue weighted by Gasteiger charge is 2.22. The van der Waals surface area contributed by atoms with E-state index in [1.54, 1.807) is 6.07 Å². The first-order valence-electron chi connectivity index (χ1n) is 5.38. The molecule has 1 aromatic carbocycles. The van der Waals surface area contributed by atoms with Crippen LogP contribution < -0.4 is 4.74 Å². The molecule has 1 aromatic rings. The second-order valence-corrected chi connectivity index (χ2v) is 4.98. The van der Waals surface area contributed by atoms with Gasteiger partial charge in [-0.15, -0.1) is 0 Å². The average molecular weight is 289 g/mol. The second-order valence-electron chi connectivity index (χ2n) is 4.06. The van der Waals surface area contributed by atoms with Crippen LogP contribution in [0.2, 0.25) is 0 Å². The van der Waals surface area contributed by atoms with Crippen molar-refractivity contribution in [1.82, 2.24) is 0 Å². The summed E-state index contributed by atoms with van der Waals surface area (Å²) in [5.74, 6) is 0.236. The summed E-state index contributed by atoms with van der Waals surface area (Å²) in [5.41, 5.74) is 0. The number of hydrogen-bond acceptors (Lipinski definition) is 2. The molecule has 2 atom stereocenters. The number of ether oxygens (including phenoxy) is 2. The topological polar surface area (TPSA) is 18.5 Å². The lowest BCUT2D eigenvalue weighted by Gasteiger charge is -2.12. The fourth-order valence-electron chi connectivity index (χ4n) is 1.81. The quantitative estimate of drug-likeness (QED) is 0.847. The Kier molecular flexibility index (Phi) is 3.82. The molecular weight excluding hydrogens is 275 g/mol. The normalized spacial score (nSPS) is 24.7. The molecule has 0 amide bonds. The molecule has 4 heteroatoms. The van der Waals surface area contributed by atoms with Crippen molar-refractivity contribution < 1.29 is 13.9 Å². The van der Waals surface area contributed by atoms with E-state index in [4.69, 9.17) is 9.47 Å². The molecule has 0 bridgehead atoms. The van der Waals surface area contributed by atoms with Gasteiger partial charge in [-0.3, -0.25) is 0 Å². The van der Waals surface area contributed by atoms with E-state index in [0.29, 0.717) is 22.9 Å². The third-order valence-electron chi connectivity index (χ3n) is 2.59. The Morgan fingerprint density at radius 1 is 1.44 bits per heavy atom. The maximum absolute atomic E-state index is 13.0. The van der Waals surface area contributed by atoms with E-state index in [1.165, 1.54) is 12.1 Å². The third kappa shape index (κ3) is 3.19. The van der Waals surface area contributed by atoms with Crippen LogP contribution in [0.25, 0.3) is 0 Å². The summed E-state index contributed by atoms with van der Waals surface area (Å²) in [4.78, 5) is 0. The summed E-state index contributed by atoms with van der Waals surface area (Å²) >= 11 is 3.22. The zero-order valence-corrected chi connectivity index (χ0v) is 10.7. The van der Waals surface area contributed by atoms with E-state index in [2.05, 4.69) is 22.9 Å². The fourth-order valence-corrected chi connectivity index (χ4v) is 2.25.